The molecule has 1 amide bonds. The molecule has 9 heteroatoms. The molecular formula is C20H25N5O3S. The zero-order valence-electron chi connectivity index (χ0n) is 16.7. The van der Waals surface area contributed by atoms with Crippen molar-refractivity contribution in [2.75, 3.05) is 53.4 Å². The van der Waals surface area contributed by atoms with Crippen molar-refractivity contribution < 1.29 is 9.53 Å². The van der Waals surface area contributed by atoms with Gasteiger partial charge in [0.2, 0.25) is 0 Å². The van der Waals surface area contributed by atoms with E-state index >= 15 is 0 Å². The zero-order valence-corrected chi connectivity index (χ0v) is 17.5. The molecule has 1 fully saturated rings. The van der Waals surface area contributed by atoms with Gasteiger partial charge in [0, 0.05) is 38.9 Å². The van der Waals surface area contributed by atoms with E-state index in [9.17, 15) is 9.59 Å². The van der Waals surface area contributed by atoms with Gasteiger partial charge >= 0.3 is 0 Å². The molecule has 0 bridgehead atoms. The summed E-state index contributed by atoms with van der Waals surface area (Å²) < 4.78 is 7.63. The Kier molecular flexibility index (Phi) is 5.79. The molecule has 0 spiro atoms. The summed E-state index contributed by atoms with van der Waals surface area (Å²) in [5.74, 6) is 0.346. The minimum Gasteiger partial charge on any atom is -0.497 e. The van der Waals surface area contributed by atoms with E-state index in [0.29, 0.717) is 11.5 Å². The summed E-state index contributed by atoms with van der Waals surface area (Å²) in [6, 6.07) is 5.48. The topological polar surface area (TPSA) is 79.2 Å². The highest BCUT2D eigenvalue weighted by atomic mass is 32.1. The summed E-state index contributed by atoms with van der Waals surface area (Å²) in [7, 11) is 3.74. The lowest BCUT2D eigenvalue weighted by Crippen LogP contribution is -2.45. The predicted molar refractivity (Wildman–Crippen MR) is 114 cm³/mol. The second kappa shape index (κ2) is 8.48. The molecule has 1 aromatic carbocycles. The monoisotopic (exact) mass is 415 g/mol. The fourth-order valence-electron chi connectivity index (χ4n) is 3.54. The summed E-state index contributed by atoms with van der Waals surface area (Å²) in [4.78, 5) is 35.1. The van der Waals surface area contributed by atoms with Crippen molar-refractivity contribution in [1.82, 2.24) is 24.5 Å². The molecule has 154 valence electrons. The van der Waals surface area contributed by atoms with E-state index in [1.165, 1.54) is 21.9 Å². The lowest BCUT2D eigenvalue weighted by molar-refractivity contribution is 0.0947. The minimum absolute atomic E-state index is 0.0672. The number of nitrogens with one attached hydrogen (secondary N) is 1. The van der Waals surface area contributed by atoms with Gasteiger partial charge in [0.15, 0.2) is 4.96 Å². The van der Waals surface area contributed by atoms with Gasteiger partial charge < -0.3 is 19.9 Å². The van der Waals surface area contributed by atoms with Crippen LogP contribution in [0.2, 0.25) is 0 Å². The van der Waals surface area contributed by atoms with Crippen molar-refractivity contribution in [2.45, 2.75) is 6.42 Å². The Hall–Kier alpha value is -2.49. The quantitative estimate of drug-likeness (QED) is 0.611. The molecule has 4 rings (SSSR count). The standard InChI is InChI=1S/C20H25N5O3S/c1-23-8-10-24(11-9-23)7-3-6-21-18(26)15-13-22-20-25(19(15)27)16-5-4-14(28-2)12-17(16)29-20/h4-5,12-13H,3,6-11H2,1-2H3,(H,21,26). The molecule has 1 N–H and O–H groups in total. The highest BCUT2D eigenvalue weighted by Gasteiger charge is 2.17. The third-order valence-electron chi connectivity index (χ3n) is 5.32. The molecule has 3 aromatic rings. The largest absolute Gasteiger partial charge is 0.497 e. The fourth-order valence-corrected chi connectivity index (χ4v) is 4.55. The van der Waals surface area contributed by atoms with Crippen molar-refractivity contribution in [2.24, 2.45) is 0 Å². The number of aromatic nitrogens is 2. The molecule has 1 aliphatic heterocycles. The van der Waals surface area contributed by atoms with Crippen LogP contribution in [0.3, 0.4) is 0 Å². The maximum atomic E-state index is 12.9. The van der Waals surface area contributed by atoms with Gasteiger partial charge in [-0.15, -0.1) is 0 Å². The van der Waals surface area contributed by atoms with Crippen molar-refractivity contribution >= 4 is 32.4 Å². The van der Waals surface area contributed by atoms with E-state index in [4.69, 9.17) is 4.74 Å². The second-order valence-electron chi connectivity index (χ2n) is 7.29. The highest BCUT2D eigenvalue weighted by Crippen LogP contribution is 2.27. The van der Waals surface area contributed by atoms with Gasteiger partial charge in [0.25, 0.3) is 11.5 Å². The molecule has 2 aromatic heterocycles. The molecule has 1 aliphatic rings. The van der Waals surface area contributed by atoms with Gasteiger partial charge in [-0.3, -0.25) is 14.0 Å². The van der Waals surface area contributed by atoms with Crippen molar-refractivity contribution in [3.63, 3.8) is 0 Å². The molecular weight excluding hydrogens is 390 g/mol. The van der Waals surface area contributed by atoms with Crippen LogP contribution in [0.15, 0.2) is 29.2 Å². The van der Waals surface area contributed by atoms with Crippen molar-refractivity contribution in [3.8, 4) is 5.75 Å². The normalized spacial score (nSPS) is 15.8. The molecule has 3 heterocycles. The van der Waals surface area contributed by atoms with Gasteiger partial charge in [0.1, 0.15) is 11.3 Å². The van der Waals surface area contributed by atoms with Crippen LogP contribution in [0.4, 0.5) is 0 Å². The molecule has 0 unspecified atom stereocenters. The molecule has 8 nitrogen and oxygen atoms in total. The SMILES string of the molecule is COc1ccc2c(c1)sc1ncc(C(=O)NCCCN3CCN(C)CC3)c(=O)n12. The first kappa shape index (κ1) is 19.8. The summed E-state index contributed by atoms with van der Waals surface area (Å²) in [5, 5.41) is 2.87. The number of piperazine rings is 1. The molecule has 0 aliphatic carbocycles. The first-order chi connectivity index (χ1) is 14.1. The maximum absolute atomic E-state index is 12.9. The lowest BCUT2D eigenvalue weighted by Gasteiger charge is -2.32. The smallest absolute Gasteiger partial charge is 0.271 e. The number of nitrogens with zero attached hydrogens (tertiary/aromatic N) is 4. The van der Waals surface area contributed by atoms with Gasteiger partial charge in [0.05, 0.1) is 17.3 Å². The van der Waals surface area contributed by atoms with E-state index in [0.717, 1.165) is 55.1 Å². The average Bonchev–Trinajstić information content (AvgIpc) is 3.11. The van der Waals surface area contributed by atoms with E-state index in [1.54, 1.807) is 13.2 Å². The number of hydrogen-bond acceptors (Lipinski definition) is 7. The number of benzene rings is 1. The minimum atomic E-state index is -0.372. The highest BCUT2D eigenvalue weighted by molar-refractivity contribution is 7.23. The number of carbonyl (C=O) groups excluding carboxylic acids is 1. The Bertz CT molecular complexity index is 1080. The van der Waals surface area contributed by atoms with Crippen molar-refractivity contribution in [3.05, 3.63) is 40.3 Å². The number of rotatable bonds is 6. The average molecular weight is 416 g/mol. The summed E-state index contributed by atoms with van der Waals surface area (Å²) in [6.07, 6.45) is 2.23. The zero-order chi connectivity index (χ0) is 20.4. The van der Waals surface area contributed by atoms with Crippen LogP contribution in [0.5, 0.6) is 5.75 Å². The molecule has 1 saturated heterocycles. The number of carbonyl (C=O) groups is 1. The Morgan fingerprint density at radius 3 is 2.83 bits per heavy atom. The van der Waals surface area contributed by atoms with E-state index in [-0.39, 0.29) is 17.0 Å². The van der Waals surface area contributed by atoms with E-state index in [2.05, 4.69) is 27.1 Å². The number of amides is 1. The molecule has 29 heavy (non-hydrogen) atoms. The predicted octanol–water partition coefficient (Wildman–Crippen LogP) is 1.29. The summed E-state index contributed by atoms with van der Waals surface area (Å²) in [5.41, 5.74) is 0.452. The number of ether oxygens (including phenoxy) is 1. The number of thiazole rings is 1. The van der Waals surface area contributed by atoms with Crippen LogP contribution >= 0.6 is 11.3 Å². The fraction of sp³-hybridized carbons (Fsp3) is 0.450. The van der Waals surface area contributed by atoms with Crippen LogP contribution in [0, 0.1) is 0 Å². The first-order valence-corrected chi connectivity index (χ1v) is 10.6. The summed E-state index contributed by atoms with van der Waals surface area (Å²) in [6.45, 7) is 5.76. The molecule has 0 radical (unpaired) electrons. The summed E-state index contributed by atoms with van der Waals surface area (Å²) >= 11 is 1.39. The van der Waals surface area contributed by atoms with E-state index in [1.807, 2.05) is 12.1 Å². The van der Waals surface area contributed by atoms with Crippen LogP contribution in [-0.2, 0) is 0 Å². The first-order valence-electron chi connectivity index (χ1n) is 9.74. The Morgan fingerprint density at radius 1 is 1.28 bits per heavy atom. The van der Waals surface area contributed by atoms with Crippen LogP contribution in [0.1, 0.15) is 16.8 Å². The van der Waals surface area contributed by atoms with Crippen LogP contribution in [-0.4, -0.2) is 78.5 Å². The Labute approximate surface area is 172 Å². The third-order valence-corrected chi connectivity index (χ3v) is 6.33. The second-order valence-corrected chi connectivity index (χ2v) is 8.29. The Balaban J connectivity index is 1.44. The van der Waals surface area contributed by atoms with E-state index < -0.39 is 0 Å². The van der Waals surface area contributed by atoms with Gasteiger partial charge in [-0.1, -0.05) is 11.3 Å². The van der Waals surface area contributed by atoms with Crippen LogP contribution in [0.25, 0.3) is 15.2 Å². The van der Waals surface area contributed by atoms with Crippen molar-refractivity contribution in [1.29, 1.82) is 0 Å². The van der Waals surface area contributed by atoms with Gasteiger partial charge in [-0.25, -0.2) is 4.98 Å². The number of hydrogen-bond donors (Lipinski definition) is 1. The number of likely N-dealkylation sites (N-methyl/N-ethyl adjacent to an activating group) is 1. The number of methoxy groups -OCH3 is 1. The van der Waals surface area contributed by atoms with Gasteiger partial charge in [-0.2, -0.15) is 0 Å². The maximum Gasteiger partial charge on any atom is 0.271 e. The third kappa shape index (κ3) is 4.12. The molecule has 0 atom stereocenters. The molecule has 0 saturated carbocycles. The van der Waals surface area contributed by atoms with Crippen LogP contribution < -0.4 is 15.6 Å². The van der Waals surface area contributed by atoms with Gasteiger partial charge in [-0.05, 0) is 38.2 Å². The Morgan fingerprint density at radius 2 is 2.07 bits per heavy atom. The number of fused-ring (bicyclic) bond motifs is 3. The lowest BCUT2D eigenvalue weighted by atomic mass is 10.2.